The van der Waals surface area contributed by atoms with Crippen LogP contribution < -0.4 is 5.32 Å². The summed E-state index contributed by atoms with van der Waals surface area (Å²) in [6, 6.07) is 9.73. The lowest BCUT2D eigenvalue weighted by Gasteiger charge is -2.36. The Balaban J connectivity index is 0.000000340. The molecule has 0 bridgehead atoms. The molecule has 1 N–H and O–H groups in total. The summed E-state index contributed by atoms with van der Waals surface area (Å²) in [7, 11) is 1.98. The van der Waals surface area contributed by atoms with Crippen LogP contribution in [0.5, 0.6) is 0 Å². The average molecular weight is 632 g/mol. The minimum absolute atomic E-state index is 0.0990. The van der Waals surface area contributed by atoms with Gasteiger partial charge in [-0.2, -0.15) is 0 Å². The molecule has 8 heteroatoms. The van der Waals surface area contributed by atoms with Crippen molar-refractivity contribution in [1.82, 2.24) is 19.4 Å². The molecular weight excluding hydrogens is 574 g/mol. The van der Waals surface area contributed by atoms with Gasteiger partial charge >= 0.3 is 0 Å². The number of allylic oxidation sites excluding steroid dienone is 1. The molecule has 6 rings (SSSR count). The highest BCUT2D eigenvalue weighted by Crippen LogP contribution is 2.31. The first kappa shape index (κ1) is 35.8. The smallest absolute Gasteiger partial charge is 0.257 e. The number of fused-ring (bicyclic) bond motifs is 1. The second-order valence-corrected chi connectivity index (χ2v) is 12.4. The fourth-order valence-corrected chi connectivity index (χ4v) is 6.60. The van der Waals surface area contributed by atoms with Crippen LogP contribution in [-0.4, -0.2) is 89.9 Å². The molecule has 0 spiro atoms. The first-order chi connectivity index (χ1) is 22.4. The monoisotopic (exact) mass is 631 g/mol. The van der Waals surface area contributed by atoms with Gasteiger partial charge in [-0.1, -0.05) is 39.8 Å². The summed E-state index contributed by atoms with van der Waals surface area (Å²) in [6.45, 7) is 20.6. The molecule has 8 nitrogen and oxygen atoms in total. The SMILES string of the molecule is CC.CCC(C)N1CCOCC1.CCc1ccc2c(c1)c(C(=O)Nc1cnc(C3=CCC(N4CCOCC4)CC3)c(C)c1)cn2C. The largest absolute Gasteiger partial charge is 0.379 e. The fourth-order valence-electron chi connectivity index (χ4n) is 6.60. The van der Waals surface area contributed by atoms with Gasteiger partial charge in [0.2, 0.25) is 0 Å². The van der Waals surface area contributed by atoms with E-state index in [0.717, 1.165) is 112 Å². The highest BCUT2D eigenvalue weighted by atomic mass is 16.5. The van der Waals surface area contributed by atoms with Gasteiger partial charge < -0.3 is 19.4 Å². The Kier molecular flexibility index (Phi) is 13.8. The van der Waals surface area contributed by atoms with Crippen molar-refractivity contribution >= 4 is 28.1 Å². The Morgan fingerprint density at radius 2 is 1.74 bits per heavy atom. The molecule has 2 aromatic heterocycles. The van der Waals surface area contributed by atoms with Gasteiger partial charge in [0.25, 0.3) is 5.91 Å². The van der Waals surface area contributed by atoms with Gasteiger partial charge in [-0.25, -0.2) is 0 Å². The van der Waals surface area contributed by atoms with Crippen LogP contribution in [0.2, 0.25) is 0 Å². The lowest BCUT2D eigenvalue weighted by atomic mass is 9.90. The van der Waals surface area contributed by atoms with Crippen molar-refractivity contribution in [2.45, 2.75) is 85.7 Å². The van der Waals surface area contributed by atoms with Crippen LogP contribution in [0.3, 0.4) is 0 Å². The van der Waals surface area contributed by atoms with E-state index in [1.807, 2.05) is 37.7 Å². The quantitative estimate of drug-likeness (QED) is 0.300. The molecule has 2 unspecified atom stereocenters. The Morgan fingerprint density at radius 1 is 1.04 bits per heavy atom. The van der Waals surface area contributed by atoms with Crippen LogP contribution in [0.25, 0.3) is 16.5 Å². The predicted octanol–water partition coefficient (Wildman–Crippen LogP) is 7.11. The Labute approximate surface area is 277 Å². The molecule has 252 valence electrons. The second-order valence-electron chi connectivity index (χ2n) is 12.4. The third kappa shape index (κ3) is 9.06. The summed E-state index contributed by atoms with van der Waals surface area (Å²) in [5.41, 5.74) is 7.19. The van der Waals surface area contributed by atoms with Crippen molar-refractivity contribution in [3.63, 3.8) is 0 Å². The van der Waals surface area contributed by atoms with Gasteiger partial charge in [0.15, 0.2) is 0 Å². The number of nitrogens with one attached hydrogen (secondary N) is 1. The van der Waals surface area contributed by atoms with Gasteiger partial charge in [-0.15, -0.1) is 0 Å². The van der Waals surface area contributed by atoms with Gasteiger partial charge in [0, 0.05) is 62.4 Å². The minimum Gasteiger partial charge on any atom is -0.379 e. The maximum Gasteiger partial charge on any atom is 0.257 e. The second kappa shape index (κ2) is 17.8. The number of benzene rings is 1. The lowest BCUT2D eigenvalue weighted by Crippen LogP contribution is -2.43. The Hall–Kier alpha value is -3.04. The topological polar surface area (TPSA) is 71.9 Å². The number of hydrogen-bond donors (Lipinski definition) is 1. The molecule has 2 atom stereocenters. The molecule has 46 heavy (non-hydrogen) atoms. The predicted molar refractivity (Wildman–Crippen MR) is 191 cm³/mol. The maximum atomic E-state index is 13.1. The van der Waals surface area contributed by atoms with Crippen LogP contribution >= 0.6 is 0 Å². The zero-order valence-corrected chi connectivity index (χ0v) is 29.4. The molecule has 2 saturated heterocycles. The van der Waals surface area contributed by atoms with E-state index in [1.165, 1.54) is 17.6 Å². The molecule has 0 radical (unpaired) electrons. The maximum absolute atomic E-state index is 13.1. The van der Waals surface area contributed by atoms with E-state index < -0.39 is 0 Å². The molecular formula is C38H57N5O3. The van der Waals surface area contributed by atoms with Crippen molar-refractivity contribution in [2.75, 3.05) is 57.9 Å². The van der Waals surface area contributed by atoms with Crippen LogP contribution in [-0.2, 0) is 22.9 Å². The van der Waals surface area contributed by atoms with E-state index in [4.69, 9.17) is 14.5 Å². The molecule has 1 amide bonds. The Bertz CT molecular complexity index is 1440. The zero-order valence-electron chi connectivity index (χ0n) is 29.4. The Morgan fingerprint density at radius 3 is 2.35 bits per heavy atom. The molecule has 1 aromatic carbocycles. The molecule has 3 aromatic rings. The lowest BCUT2D eigenvalue weighted by molar-refractivity contribution is 0.0150. The van der Waals surface area contributed by atoms with E-state index in [9.17, 15) is 4.79 Å². The zero-order chi connectivity index (χ0) is 33.1. The van der Waals surface area contributed by atoms with Gasteiger partial charge in [-0.05, 0) is 80.9 Å². The first-order valence-electron chi connectivity index (χ1n) is 17.6. The molecule has 0 saturated carbocycles. The van der Waals surface area contributed by atoms with Crippen LogP contribution in [0, 0.1) is 6.92 Å². The van der Waals surface area contributed by atoms with Crippen molar-refractivity contribution < 1.29 is 14.3 Å². The van der Waals surface area contributed by atoms with Crippen molar-refractivity contribution in [3.8, 4) is 0 Å². The van der Waals surface area contributed by atoms with Crippen LogP contribution in [0.1, 0.15) is 87.5 Å². The number of pyridine rings is 1. The van der Waals surface area contributed by atoms with Crippen LogP contribution in [0.15, 0.2) is 42.7 Å². The van der Waals surface area contributed by atoms with E-state index >= 15 is 0 Å². The third-order valence-electron chi connectivity index (χ3n) is 9.55. The number of hydrogen-bond acceptors (Lipinski definition) is 6. The van der Waals surface area contributed by atoms with Gasteiger partial charge in [-0.3, -0.25) is 19.6 Å². The number of anilines is 1. The van der Waals surface area contributed by atoms with Crippen molar-refractivity contribution in [3.05, 3.63) is 65.1 Å². The van der Waals surface area contributed by atoms with Crippen molar-refractivity contribution in [2.24, 2.45) is 7.05 Å². The van der Waals surface area contributed by atoms with E-state index in [0.29, 0.717) is 11.6 Å². The number of ether oxygens (including phenoxy) is 2. The molecule has 2 aliphatic heterocycles. The normalized spacial score (nSPS) is 19.7. The molecule has 1 aliphatic carbocycles. The summed E-state index contributed by atoms with van der Waals surface area (Å²) in [5.74, 6) is -0.0990. The van der Waals surface area contributed by atoms with Crippen molar-refractivity contribution in [1.29, 1.82) is 0 Å². The number of aromatic nitrogens is 2. The third-order valence-corrected chi connectivity index (χ3v) is 9.55. The fraction of sp³-hybridized carbons (Fsp3) is 0.579. The summed E-state index contributed by atoms with van der Waals surface area (Å²) in [6.07, 6.45) is 11.5. The standard InChI is InChI=1S/C28H34N4O2.C8H17NO.C2H6/c1-4-20-5-10-26-24(16-20)25(18-31(26)3)28(33)30-22-15-19(2)27(29-17-22)21-6-8-23(9-7-21)32-11-13-34-14-12-32;1-3-8(2)9-4-6-10-7-5-9;1-2/h5-6,10,15-18,23H,4,7-9,11-14H2,1-3H3,(H,30,33);8H,3-7H2,1-2H3;1-2H3. The minimum atomic E-state index is -0.0990. The van der Waals surface area contributed by atoms with E-state index in [2.05, 4.69) is 67.1 Å². The molecule has 3 aliphatic rings. The van der Waals surface area contributed by atoms with Gasteiger partial charge in [0.1, 0.15) is 0 Å². The highest BCUT2D eigenvalue weighted by molar-refractivity contribution is 6.13. The number of carbonyl (C=O) groups excluding carboxylic acids is 1. The van der Waals surface area contributed by atoms with E-state index in [-0.39, 0.29) is 5.91 Å². The van der Waals surface area contributed by atoms with Crippen LogP contribution in [0.4, 0.5) is 5.69 Å². The average Bonchev–Trinajstić information content (AvgIpc) is 3.45. The molecule has 2 fully saturated rings. The summed E-state index contributed by atoms with van der Waals surface area (Å²) in [4.78, 5) is 23.0. The molecule has 4 heterocycles. The first-order valence-corrected chi connectivity index (χ1v) is 17.6. The number of amides is 1. The summed E-state index contributed by atoms with van der Waals surface area (Å²) < 4.78 is 12.8. The summed E-state index contributed by atoms with van der Waals surface area (Å²) >= 11 is 0. The summed E-state index contributed by atoms with van der Waals surface area (Å²) in [5, 5.41) is 4.06. The number of nitrogens with zero attached hydrogens (tertiary/aromatic N) is 4. The number of morpholine rings is 2. The van der Waals surface area contributed by atoms with Gasteiger partial charge in [0.05, 0.1) is 49.6 Å². The number of aryl methyl sites for hydroxylation is 3. The van der Waals surface area contributed by atoms with E-state index in [1.54, 1.807) is 6.20 Å². The number of carbonyl (C=O) groups is 1. The highest BCUT2D eigenvalue weighted by Gasteiger charge is 2.24. The number of rotatable bonds is 7.